The lowest BCUT2D eigenvalue weighted by atomic mass is 9.66. The van der Waals surface area contributed by atoms with Crippen LogP contribution in [-0.4, -0.2) is 25.5 Å². The molecule has 2 N–H and O–H groups in total. The van der Waals surface area contributed by atoms with Crippen molar-refractivity contribution in [3.8, 4) is 0 Å². The van der Waals surface area contributed by atoms with Crippen LogP contribution < -0.4 is 10.6 Å². The predicted octanol–water partition coefficient (Wildman–Crippen LogP) is 2.49. The van der Waals surface area contributed by atoms with Crippen molar-refractivity contribution in [3.05, 3.63) is 0 Å². The summed E-state index contributed by atoms with van der Waals surface area (Å²) in [6, 6.07) is 0. The predicted molar refractivity (Wildman–Crippen MR) is 77.0 cm³/mol. The van der Waals surface area contributed by atoms with Crippen LogP contribution in [0.1, 0.15) is 51.9 Å². The van der Waals surface area contributed by atoms with Crippen LogP contribution in [0.3, 0.4) is 0 Å². The first-order valence-corrected chi connectivity index (χ1v) is 7.21. The molecule has 0 aromatic carbocycles. The van der Waals surface area contributed by atoms with Gasteiger partial charge in [0, 0.05) is 6.54 Å². The molecule has 3 nitrogen and oxygen atoms in total. The summed E-state index contributed by atoms with van der Waals surface area (Å²) in [5.41, 5.74) is 0.445. The van der Waals surface area contributed by atoms with Gasteiger partial charge in [0.25, 0.3) is 0 Å². The van der Waals surface area contributed by atoms with E-state index in [9.17, 15) is 4.79 Å². The van der Waals surface area contributed by atoms with Gasteiger partial charge < -0.3 is 10.6 Å². The minimum atomic E-state index is 0. The molecule has 0 aromatic heterocycles. The van der Waals surface area contributed by atoms with Crippen LogP contribution in [0.25, 0.3) is 0 Å². The Morgan fingerprint density at radius 3 is 2.56 bits per heavy atom. The lowest BCUT2D eigenvalue weighted by Gasteiger charge is -2.42. The lowest BCUT2D eigenvalue weighted by molar-refractivity contribution is -0.121. The van der Waals surface area contributed by atoms with Gasteiger partial charge in [-0.25, -0.2) is 0 Å². The van der Waals surface area contributed by atoms with Gasteiger partial charge in [0.1, 0.15) is 0 Å². The monoisotopic (exact) mass is 274 g/mol. The third kappa shape index (κ3) is 4.77. The zero-order valence-electron chi connectivity index (χ0n) is 11.5. The average Bonchev–Trinajstić information content (AvgIpc) is 3.06. The van der Waals surface area contributed by atoms with Crippen molar-refractivity contribution < 1.29 is 4.79 Å². The number of nitrogens with one attached hydrogen (secondary N) is 2. The molecule has 0 saturated heterocycles. The van der Waals surface area contributed by atoms with Gasteiger partial charge in [0.2, 0.25) is 5.91 Å². The second kappa shape index (κ2) is 7.34. The number of hydrogen-bond acceptors (Lipinski definition) is 2. The minimum Gasteiger partial charge on any atom is -0.354 e. The number of amides is 1. The van der Waals surface area contributed by atoms with Gasteiger partial charge >= 0.3 is 0 Å². The van der Waals surface area contributed by atoms with Crippen molar-refractivity contribution in [2.24, 2.45) is 11.3 Å². The molecular formula is C14H27ClN2O. The molecule has 1 amide bonds. The van der Waals surface area contributed by atoms with Gasteiger partial charge in [-0.15, -0.1) is 12.4 Å². The first kappa shape index (κ1) is 15.8. The molecule has 18 heavy (non-hydrogen) atoms. The number of rotatable bonds is 8. The second-order valence-electron chi connectivity index (χ2n) is 5.95. The maximum absolute atomic E-state index is 11.7. The van der Waals surface area contributed by atoms with Gasteiger partial charge in [-0.3, -0.25) is 4.79 Å². The summed E-state index contributed by atoms with van der Waals surface area (Å²) < 4.78 is 0. The number of hydrogen-bond donors (Lipinski definition) is 2. The van der Waals surface area contributed by atoms with E-state index < -0.39 is 0 Å². The van der Waals surface area contributed by atoms with Crippen LogP contribution in [0.4, 0.5) is 0 Å². The highest BCUT2D eigenvalue weighted by Crippen LogP contribution is 2.44. The fourth-order valence-corrected chi connectivity index (χ4v) is 2.78. The maximum atomic E-state index is 11.7. The largest absolute Gasteiger partial charge is 0.354 e. The van der Waals surface area contributed by atoms with Crippen LogP contribution in [0, 0.1) is 11.3 Å². The highest BCUT2D eigenvalue weighted by Gasteiger charge is 2.35. The van der Waals surface area contributed by atoms with Crippen molar-refractivity contribution in [3.63, 3.8) is 0 Å². The Balaban J connectivity index is 0.00000162. The van der Waals surface area contributed by atoms with Crippen LogP contribution in [0.5, 0.6) is 0 Å². The van der Waals surface area contributed by atoms with Gasteiger partial charge in [0.05, 0.1) is 6.54 Å². The molecule has 0 radical (unpaired) electrons. The molecule has 2 rings (SSSR count). The second-order valence-corrected chi connectivity index (χ2v) is 5.95. The van der Waals surface area contributed by atoms with Crippen LogP contribution in [-0.2, 0) is 4.79 Å². The first-order valence-electron chi connectivity index (χ1n) is 7.21. The first-order chi connectivity index (χ1) is 8.24. The molecule has 0 bridgehead atoms. The zero-order chi connectivity index (χ0) is 12.1. The van der Waals surface area contributed by atoms with E-state index in [2.05, 4.69) is 17.6 Å². The van der Waals surface area contributed by atoms with E-state index in [0.29, 0.717) is 12.0 Å². The molecule has 106 valence electrons. The van der Waals surface area contributed by atoms with E-state index in [0.717, 1.165) is 19.0 Å². The van der Waals surface area contributed by atoms with E-state index >= 15 is 0 Å². The fourth-order valence-electron chi connectivity index (χ4n) is 2.78. The summed E-state index contributed by atoms with van der Waals surface area (Å²) >= 11 is 0. The Hall–Kier alpha value is -0.280. The standard InChI is InChI=1S/C14H26N2O.ClH/c1-2-6-14(7-3-8-14)11-16-13(17)10-15-9-12-4-5-12;/h12,15H,2-11H2,1H3,(H,16,17);1H. The Labute approximate surface area is 117 Å². The zero-order valence-corrected chi connectivity index (χ0v) is 12.3. The SMILES string of the molecule is CCCC1(CNC(=O)CNCC2CC2)CCC1.Cl. The number of carbonyl (C=O) groups is 1. The van der Waals surface area contributed by atoms with E-state index in [1.54, 1.807) is 0 Å². The third-order valence-electron chi connectivity index (χ3n) is 4.27. The summed E-state index contributed by atoms with van der Waals surface area (Å²) in [7, 11) is 0. The molecule has 0 atom stereocenters. The summed E-state index contributed by atoms with van der Waals surface area (Å²) in [6.45, 7) is 4.65. The molecule has 4 heteroatoms. The molecular weight excluding hydrogens is 248 g/mol. The Morgan fingerprint density at radius 1 is 1.33 bits per heavy atom. The summed E-state index contributed by atoms with van der Waals surface area (Å²) in [6.07, 6.45) is 9.13. The number of carbonyl (C=O) groups excluding carboxylic acids is 1. The summed E-state index contributed by atoms with van der Waals surface area (Å²) in [4.78, 5) is 11.7. The van der Waals surface area contributed by atoms with E-state index in [4.69, 9.17) is 0 Å². The van der Waals surface area contributed by atoms with Crippen molar-refractivity contribution in [1.29, 1.82) is 0 Å². The Morgan fingerprint density at radius 2 is 2.06 bits per heavy atom. The van der Waals surface area contributed by atoms with E-state index in [1.165, 1.54) is 44.9 Å². The number of halogens is 1. The van der Waals surface area contributed by atoms with Gasteiger partial charge in [-0.05, 0) is 50.0 Å². The minimum absolute atomic E-state index is 0. The Kier molecular flexibility index (Phi) is 6.44. The Bertz CT molecular complexity index is 263. The summed E-state index contributed by atoms with van der Waals surface area (Å²) in [5, 5.41) is 6.34. The summed E-state index contributed by atoms with van der Waals surface area (Å²) in [5.74, 6) is 1.02. The van der Waals surface area contributed by atoms with Crippen LogP contribution in [0.15, 0.2) is 0 Å². The topological polar surface area (TPSA) is 41.1 Å². The van der Waals surface area contributed by atoms with Crippen LogP contribution >= 0.6 is 12.4 Å². The molecule has 2 aliphatic rings. The maximum Gasteiger partial charge on any atom is 0.233 e. The third-order valence-corrected chi connectivity index (χ3v) is 4.27. The molecule has 0 aliphatic heterocycles. The van der Waals surface area contributed by atoms with E-state index in [-0.39, 0.29) is 18.3 Å². The molecule has 2 fully saturated rings. The van der Waals surface area contributed by atoms with Crippen molar-refractivity contribution in [1.82, 2.24) is 10.6 Å². The van der Waals surface area contributed by atoms with Gasteiger partial charge in [0.15, 0.2) is 0 Å². The average molecular weight is 275 g/mol. The molecule has 0 aromatic rings. The smallest absolute Gasteiger partial charge is 0.233 e. The van der Waals surface area contributed by atoms with Crippen molar-refractivity contribution in [2.75, 3.05) is 19.6 Å². The quantitative estimate of drug-likeness (QED) is 0.714. The fraction of sp³-hybridized carbons (Fsp3) is 0.929. The molecule has 2 saturated carbocycles. The highest BCUT2D eigenvalue weighted by atomic mass is 35.5. The lowest BCUT2D eigenvalue weighted by Crippen LogP contribution is -2.44. The van der Waals surface area contributed by atoms with Crippen molar-refractivity contribution in [2.45, 2.75) is 51.9 Å². The van der Waals surface area contributed by atoms with Gasteiger partial charge in [-0.1, -0.05) is 19.8 Å². The van der Waals surface area contributed by atoms with Gasteiger partial charge in [-0.2, -0.15) is 0 Å². The van der Waals surface area contributed by atoms with E-state index in [1.807, 2.05) is 0 Å². The van der Waals surface area contributed by atoms with Crippen LogP contribution in [0.2, 0.25) is 0 Å². The highest BCUT2D eigenvalue weighted by molar-refractivity contribution is 5.85. The molecule has 2 aliphatic carbocycles. The van der Waals surface area contributed by atoms with Crippen molar-refractivity contribution >= 4 is 18.3 Å². The molecule has 0 heterocycles. The molecule has 0 spiro atoms. The molecule has 0 unspecified atom stereocenters. The normalized spacial score (nSPS) is 20.7.